The maximum atomic E-state index is 6.73. The molecule has 0 atom stereocenters. The zero-order chi connectivity index (χ0) is 28.8. The molecule has 0 amide bonds. The first-order valence-electron chi connectivity index (χ1n) is 13.3. The van der Waals surface area contributed by atoms with Gasteiger partial charge < -0.3 is 4.74 Å². The Hall–Kier alpha value is -3.56. The summed E-state index contributed by atoms with van der Waals surface area (Å²) in [6, 6.07) is 20.9. The van der Waals surface area contributed by atoms with Crippen LogP contribution in [0.1, 0.15) is 30.4 Å². The maximum Gasteiger partial charge on any atom is 0.219 e. The molecule has 3 aromatic carbocycles. The number of ether oxygens (including phenoxy) is 1. The molecule has 12 heteroatoms. The molecule has 1 saturated carbocycles. The van der Waals surface area contributed by atoms with E-state index in [2.05, 4.69) is 22.2 Å². The Kier molecular flexibility index (Phi) is 7.10. The van der Waals surface area contributed by atoms with Crippen LogP contribution >= 0.6 is 46.4 Å². The number of halogens is 4. The van der Waals surface area contributed by atoms with Crippen LogP contribution in [0, 0.1) is 0 Å². The van der Waals surface area contributed by atoms with Gasteiger partial charge in [0.2, 0.25) is 5.90 Å². The fourth-order valence-electron chi connectivity index (χ4n) is 5.56. The average Bonchev–Trinajstić information content (AvgIpc) is 3.71. The Bertz CT molecular complexity index is 1780. The van der Waals surface area contributed by atoms with Crippen molar-refractivity contribution in [3.8, 4) is 16.9 Å². The first kappa shape index (κ1) is 27.3. The van der Waals surface area contributed by atoms with Crippen LogP contribution in [0.3, 0.4) is 0 Å². The Balaban J connectivity index is 1.40. The van der Waals surface area contributed by atoms with Crippen LogP contribution in [0.5, 0.6) is 0 Å². The maximum absolute atomic E-state index is 6.73. The summed E-state index contributed by atoms with van der Waals surface area (Å²) in [5, 5.41) is 18.6. The fourth-order valence-corrected chi connectivity index (χ4v) is 6.30. The summed E-state index contributed by atoms with van der Waals surface area (Å²) < 4.78 is 9.88. The van der Waals surface area contributed by atoms with E-state index in [9.17, 15) is 0 Å². The van der Waals surface area contributed by atoms with Crippen molar-refractivity contribution >= 4 is 58.1 Å². The molecule has 1 aliphatic carbocycles. The topological polar surface area (TPSA) is 73.4 Å². The van der Waals surface area contributed by atoms with E-state index in [1.54, 1.807) is 28.2 Å². The Morgan fingerprint density at radius 3 is 2.21 bits per heavy atom. The molecule has 1 fully saturated rings. The van der Waals surface area contributed by atoms with E-state index >= 15 is 0 Å². The largest absolute Gasteiger partial charge is 0.456 e. The number of aromatic nitrogens is 5. The second-order valence-electron chi connectivity index (χ2n) is 10.3. The standard InChI is InChI=1S/C30H23Cl4N7O/c31-21-6-2-19(3-7-21)27-24(15-39-17-35-16-36-39)28(37-41(27)26-11-10-23(33)14-25(26)34)40-18-42-29(38-40)30(12-1-13-30)20-4-8-22(32)9-5-20/h2-11,14,16-17H,1,12-13,15,18H2. The molecule has 5 aromatic rings. The highest BCUT2D eigenvalue weighted by Gasteiger charge is 2.47. The van der Waals surface area contributed by atoms with Crippen molar-refractivity contribution in [2.45, 2.75) is 31.2 Å². The molecule has 0 N–H and O–H groups in total. The van der Waals surface area contributed by atoms with E-state index in [0.29, 0.717) is 44.0 Å². The predicted molar refractivity (Wildman–Crippen MR) is 166 cm³/mol. The fraction of sp³-hybridized carbons (Fsp3) is 0.200. The van der Waals surface area contributed by atoms with Gasteiger partial charge in [-0.25, -0.2) is 19.4 Å². The quantitative estimate of drug-likeness (QED) is 0.180. The molecule has 2 aliphatic rings. The number of hydrogen-bond acceptors (Lipinski definition) is 6. The molecule has 0 spiro atoms. The number of anilines is 1. The molecule has 2 aromatic heterocycles. The van der Waals surface area contributed by atoms with Crippen LogP contribution in [0.2, 0.25) is 20.1 Å². The summed E-state index contributed by atoms with van der Waals surface area (Å²) in [5.74, 6) is 1.29. The van der Waals surface area contributed by atoms with E-state index in [-0.39, 0.29) is 12.1 Å². The van der Waals surface area contributed by atoms with Crippen molar-refractivity contribution in [1.82, 2.24) is 24.5 Å². The summed E-state index contributed by atoms with van der Waals surface area (Å²) in [4.78, 5) is 4.15. The third-order valence-electron chi connectivity index (χ3n) is 7.80. The second-order valence-corrected chi connectivity index (χ2v) is 12.0. The van der Waals surface area contributed by atoms with Crippen molar-refractivity contribution < 1.29 is 4.74 Å². The highest BCUT2D eigenvalue weighted by atomic mass is 35.5. The minimum atomic E-state index is -0.299. The molecule has 0 radical (unpaired) electrons. The van der Waals surface area contributed by atoms with E-state index < -0.39 is 0 Å². The Morgan fingerprint density at radius 2 is 1.57 bits per heavy atom. The lowest BCUT2D eigenvalue weighted by Gasteiger charge is -2.40. The van der Waals surface area contributed by atoms with Gasteiger partial charge in [-0.05, 0) is 60.9 Å². The van der Waals surface area contributed by atoms with Crippen molar-refractivity contribution in [3.05, 3.63) is 111 Å². The Morgan fingerprint density at radius 1 is 0.857 bits per heavy atom. The van der Waals surface area contributed by atoms with Gasteiger partial charge in [0.25, 0.3) is 0 Å². The number of benzene rings is 3. The van der Waals surface area contributed by atoms with Gasteiger partial charge in [0.05, 0.1) is 28.4 Å². The second kappa shape index (κ2) is 10.9. The van der Waals surface area contributed by atoms with Crippen molar-refractivity contribution in [2.24, 2.45) is 5.10 Å². The van der Waals surface area contributed by atoms with Crippen molar-refractivity contribution in [2.75, 3.05) is 11.7 Å². The van der Waals surface area contributed by atoms with Crippen LogP contribution in [0.15, 0.2) is 84.5 Å². The summed E-state index contributed by atoms with van der Waals surface area (Å²) in [6.07, 6.45) is 6.15. The monoisotopic (exact) mass is 637 g/mol. The van der Waals surface area contributed by atoms with Gasteiger partial charge in [-0.15, -0.1) is 10.2 Å². The molecular weight excluding hydrogens is 616 g/mol. The zero-order valence-corrected chi connectivity index (χ0v) is 25.1. The average molecular weight is 639 g/mol. The molecule has 3 heterocycles. The van der Waals surface area contributed by atoms with Crippen LogP contribution in [-0.4, -0.2) is 37.2 Å². The first-order valence-corrected chi connectivity index (χ1v) is 14.8. The normalized spacial score (nSPS) is 15.8. The lowest BCUT2D eigenvalue weighted by Crippen LogP contribution is -2.42. The first-order chi connectivity index (χ1) is 20.4. The number of nitrogens with zero attached hydrogens (tertiary/aromatic N) is 7. The third kappa shape index (κ3) is 4.82. The summed E-state index contributed by atoms with van der Waals surface area (Å²) in [7, 11) is 0. The predicted octanol–water partition coefficient (Wildman–Crippen LogP) is 8.02. The van der Waals surface area contributed by atoms with Crippen LogP contribution in [-0.2, 0) is 16.7 Å². The van der Waals surface area contributed by atoms with E-state index in [1.165, 1.54) is 6.33 Å². The summed E-state index contributed by atoms with van der Waals surface area (Å²) in [6.45, 7) is 0.586. The highest BCUT2D eigenvalue weighted by Crippen LogP contribution is 2.47. The van der Waals surface area contributed by atoms with E-state index in [4.69, 9.17) is 61.3 Å². The van der Waals surface area contributed by atoms with Gasteiger partial charge in [-0.1, -0.05) is 77.1 Å². The number of hydrogen-bond donors (Lipinski definition) is 0. The summed E-state index contributed by atoms with van der Waals surface area (Å²) >= 11 is 25.4. The molecule has 42 heavy (non-hydrogen) atoms. The van der Waals surface area contributed by atoms with Gasteiger partial charge >= 0.3 is 0 Å². The minimum Gasteiger partial charge on any atom is -0.456 e. The molecule has 0 bridgehead atoms. The minimum absolute atomic E-state index is 0.209. The van der Waals surface area contributed by atoms with Crippen LogP contribution < -0.4 is 5.01 Å². The van der Waals surface area contributed by atoms with Gasteiger partial charge in [0.1, 0.15) is 12.7 Å². The van der Waals surface area contributed by atoms with Gasteiger partial charge in [-0.2, -0.15) is 5.10 Å². The number of hydrazone groups is 1. The highest BCUT2D eigenvalue weighted by molar-refractivity contribution is 6.35. The van der Waals surface area contributed by atoms with Crippen LogP contribution in [0.25, 0.3) is 16.9 Å². The van der Waals surface area contributed by atoms with E-state index in [1.807, 2.05) is 47.1 Å². The Labute approximate surface area is 262 Å². The molecule has 8 nitrogen and oxygen atoms in total. The molecular formula is C30H23Cl4N7O. The van der Waals surface area contributed by atoms with Gasteiger partial charge in [0.15, 0.2) is 12.5 Å². The molecule has 0 unspecified atom stereocenters. The lowest BCUT2D eigenvalue weighted by molar-refractivity contribution is 0.246. The van der Waals surface area contributed by atoms with Crippen LogP contribution in [0.4, 0.5) is 5.82 Å². The molecule has 7 rings (SSSR count). The number of rotatable bonds is 7. The van der Waals surface area contributed by atoms with Crippen molar-refractivity contribution in [3.63, 3.8) is 0 Å². The molecule has 212 valence electrons. The van der Waals surface area contributed by atoms with Gasteiger partial charge in [0, 0.05) is 26.2 Å². The van der Waals surface area contributed by atoms with Gasteiger partial charge in [-0.3, -0.25) is 0 Å². The zero-order valence-electron chi connectivity index (χ0n) is 22.1. The third-order valence-corrected chi connectivity index (χ3v) is 8.84. The lowest BCUT2D eigenvalue weighted by atomic mass is 9.64. The van der Waals surface area contributed by atoms with E-state index in [0.717, 1.165) is 41.6 Å². The molecule has 0 saturated heterocycles. The molecule has 1 aliphatic heterocycles. The summed E-state index contributed by atoms with van der Waals surface area (Å²) in [5.41, 5.74) is 4.06. The SMILES string of the molecule is Clc1ccc(-c2c(Cn3cncn3)c(N3COC(C4(c5ccc(Cl)cc5)CCC4)=N3)nn2-c2ccc(Cl)cc2Cl)cc1. The van der Waals surface area contributed by atoms with Crippen molar-refractivity contribution in [1.29, 1.82) is 0 Å². The smallest absolute Gasteiger partial charge is 0.219 e.